The minimum atomic E-state index is -0.0177. The number of aliphatic imine (C=N–C) groups is 1. The first-order valence-electron chi connectivity index (χ1n) is 10.9. The van der Waals surface area contributed by atoms with Gasteiger partial charge in [-0.1, -0.05) is 6.42 Å². The molecule has 0 saturated carbocycles. The van der Waals surface area contributed by atoms with Crippen LogP contribution in [0.3, 0.4) is 0 Å². The average Bonchev–Trinajstić information content (AvgIpc) is 3.24. The van der Waals surface area contributed by atoms with Gasteiger partial charge < -0.3 is 25.0 Å². The van der Waals surface area contributed by atoms with Crippen LogP contribution in [0.1, 0.15) is 57.1 Å². The van der Waals surface area contributed by atoms with E-state index in [1.165, 1.54) is 19.3 Å². The highest BCUT2D eigenvalue weighted by molar-refractivity contribution is 14.0. The smallest absolute Gasteiger partial charge is 0.191 e. The van der Waals surface area contributed by atoms with Gasteiger partial charge in [-0.05, 0) is 39.0 Å². The van der Waals surface area contributed by atoms with Crippen LogP contribution in [0, 0.1) is 5.41 Å². The van der Waals surface area contributed by atoms with E-state index in [4.69, 9.17) is 9.73 Å². The molecule has 2 aliphatic rings. The highest BCUT2D eigenvalue weighted by Gasteiger charge is 2.34. The molecule has 0 radical (unpaired) electrons. The largest absolute Gasteiger partial charge is 0.396 e. The summed E-state index contributed by atoms with van der Waals surface area (Å²) in [6.45, 7) is 7.13. The molecule has 0 aliphatic carbocycles. The molecule has 2 aliphatic heterocycles. The topological polar surface area (TPSA) is 96.6 Å². The van der Waals surface area contributed by atoms with Crippen LogP contribution in [0.2, 0.25) is 0 Å². The van der Waals surface area contributed by atoms with Crippen molar-refractivity contribution < 1.29 is 9.84 Å². The summed E-state index contributed by atoms with van der Waals surface area (Å²) in [6, 6.07) is 0. The summed E-state index contributed by atoms with van der Waals surface area (Å²) in [7, 11) is 0. The average molecular weight is 520 g/mol. The number of hydrogen-bond donors (Lipinski definition) is 3. The number of guanidine groups is 1. The molecular formula is C20H37IN6O2. The molecule has 0 bridgehead atoms. The first-order chi connectivity index (χ1) is 13.8. The molecule has 1 saturated heterocycles. The lowest BCUT2D eigenvalue weighted by Gasteiger charge is -2.24. The van der Waals surface area contributed by atoms with Crippen LogP contribution in [-0.2, 0) is 24.1 Å². The van der Waals surface area contributed by atoms with Crippen molar-refractivity contribution in [1.29, 1.82) is 0 Å². The molecule has 9 heteroatoms. The minimum Gasteiger partial charge on any atom is -0.396 e. The standard InChI is InChI=1S/C20H36N6O2.HI/c1-2-21-19(23-15-20(9-13-27)10-14-28-16-20)22-11-6-8-18-25-24-17-7-4-3-5-12-26(17)18;/h27H,2-16H2,1H3,(H2,21,22,23);1H. The zero-order valence-electron chi connectivity index (χ0n) is 17.7. The first kappa shape index (κ1) is 24.3. The van der Waals surface area contributed by atoms with Crippen molar-refractivity contribution in [3.8, 4) is 0 Å². The highest BCUT2D eigenvalue weighted by atomic mass is 127. The van der Waals surface area contributed by atoms with E-state index in [1.54, 1.807) is 0 Å². The normalized spacial score (nSPS) is 21.9. The summed E-state index contributed by atoms with van der Waals surface area (Å²) in [5, 5.41) is 24.9. The lowest BCUT2D eigenvalue weighted by atomic mass is 9.84. The molecule has 1 aromatic heterocycles. The van der Waals surface area contributed by atoms with Crippen molar-refractivity contribution in [2.45, 2.75) is 64.8 Å². The van der Waals surface area contributed by atoms with E-state index in [0.717, 1.165) is 76.0 Å². The summed E-state index contributed by atoms with van der Waals surface area (Å²) >= 11 is 0. The molecule has 3 heterocycles. The van der Waals surface area contributed by atoms with Crippen LogP contribution in [-0.4, -0.2) is 65.3 Å². The number of fused-ring (bicyclic) bond motifs is 1. The van der Waals surface area contributed by atoms with Gasteiger partial charge in [0.05, 0.1) is 13.2 Å². The lowest BCUT2D eigenvalue weighted by Crippen LogP contribution is -2.39. The molecule has 3 rings (SSSR count). The lowest BCUT2D eigenvalue weighted by molar-refractivity contribution is 0.131. The molecule has 3 N–H and O–H groups in total. The minimum absolute atomic E-state index is 0. The van der Waals surface area contributed by atoms with E-state index in [2.05, 4.69) is 32.3 Å². The summed E-state index contributed by atoms with van der Waals surface area (Å²) in [6.07, 6.45) is 8.44. The van der Waals surface area contributed by atoms with Crippen molar-refractivity contribution in [1.82, 2.24) is 25.4 Å². The Morgan fingerprint density at radius 3 is 2.93 bits per heavy atom. The van der Waals surface area contributed by atoms with Crippen LogP contribution < -0.4 is 10.6 Å². The van der Waals surface area contributed by atoms with Crippen LogP contribution in [0.5, 0.6) is 0 Å². The summed E-state index contributed by atoms with van der Waals surface area (Å²) < 4.78 is 7.89. The van der Waals surface area contributed by atoms with Crippen molar-refractivity contribution in [2.24, 2.45) is 10.4 Å². The van der Waals surface area contributed by atoms with Gasteiger partial charge in [-0.15, -0.1) is 34.2 Å². The van der Waals surface area contributed by atoms with Crippen LogP contribution in [0.15, 0.2) is 4.99 Å². The van der Waals surface area contributed by atoms with Crippen LogP contribution in [0.25, 0.3) is 0 Å². The van der Waals surface area contributed by atoms with Gasteiger partial charge in [-0.25, -0.2) is 0 Å². The third kappa shape index (κ3) is 7.06. The molecule has 166 valence electrons. The molecule has 0 aromatic carbocycles. The van der Waals surface area contributed by atoms with E-state index in [-0.39, 0.29) is 36.0 Å². The fourth-order valence-corrected chi connectivity index (χ4v) is 4.06. The number of aryl methyl sites for hydroxylation is 2. The van der Waals surface area contributed by atoms with Gasteiger partial charge in [0.2, 0.25) is 0 Å². The third-order valence-corrected chi connectivity index (χ3v) is 5.80. The van der Waals surface area contributed by atoms with Gasteiger partial charge in [0.25, 0.3) is 0 Å². The third-order valence-electron chi connectivity index (χ3n) is 5.80. The molecule has 1 fully saturated rings. The number of hydrogen-bond acceptors (Lipinski definition) is 5. The van der Waals surface area contributed by atoms with Crippen molar-refractivity contribution in [3.63, 3.8) is 0 Å². The van der Waals surface area contributed by atoms with Crippen LogP contribution >= 0.6 is 24.0 Å². The molecule has 1 atom stereocenters. The number of halogens is 1. The Morgan fingerprint density at radius 1 is 1.28 bits per heavy atom. The fraction of sp³-hybridized carbons (Fsp3) is 0.850. The van der Waals surface area contributed by atoms with E-state index >= 15 is 0 Å². The SMILES string of the molecule is CCNC(=NCC1(CCO)CCOC1)NCCCc1nnc2n1CCCCC2.I. The molecule has 0 spiro atoms. The fourth-order valence-electron chi connectivity index (χ4n) is 4.06. The maximum atomic E-state index is 9.38. The first-order valence-corrected chi connectivity index (χ1v) is 10.9. The number of aliphatic hydroxyl groups excluding tert-OH is 1. The van der Waals surface area contributed by atoms with Gasteiger partial charge >= 0.3 is 0 Å². The van der Waals surface area contributed by atoms with Gasteiger partial charge in [0, 0.05) is 51.1 Å². The van der Waals surface area contributed by atoms with Gasteiger partial charge in [0.1, 0.15) is 11.6 Å². The summed E-state index contributed by atoms with van der Waals surface area (Å²) in [4.78, 5) is 4.77. The Kier molecular flexibility index (Phi) is 10.6. The molecule has 29 heavy (non-hydrogen) atoms. The maximum Gasteiger partial charge on any atom is 0.191 e. The molecule has 0 amide bonds. The van der Waals surface area contributed by atoms with Crippen molar-refractivity contribution in [2.75, 3.05) is 39.5 Å². The maximum absolute atomic E-state index is 9.38. The highest BCUT2D eigenvalue weighted by Crippen LogP contribution is 2.32. The Bertz CT molecular complexity index is 630. The molecular weight excluding hydrogens is 483 g/mol. The number of aromatic nitrogens is 3. The zero-order valence-corrected chi connectivity index (χ0v) is 20.0. The zero-order chi connectivity index (χ0) is 19.7. The van der Waals surface area contributed by atoms with Gasteiger partial charge in [-0.3, -0.25) is 4.99 Å². The quantitative estimate of drug-likeness (QED) is 0.199. The van der Waals surface area contributed by atoms with E-state index < -0.39 is 0 Å². The predicted octanol–water partition coefficient (Wildman–Crippen LogP) is 1.90. The Hall–Kier alpha value is -0.940. The Labute approximate surface area is 191 Å². The monoisotopic (exact) mass is 520 g/mol. The predicted molar refractivity (Wildman–Crippen MR) is 125 cm³/mol. The van der Waals surface area contributed by atoms with E-state index in [1.807, 2.05) is 0 Å². The summed E-state index contributed by atoms with van der Waals surface area (Å²) in [5.41, 5.74) is -0.0177. The number of rotatable bonds is 9. The van der Waals surface area contributed by atoms with E-state index in [9.17, 15) is 5.11 Å². The van der Waals surface area contributed by atoms with Crippen LogP contribution in [0.4, 0.5) is 0 Å². The molecule has 1 aromatic rings. The molecule has 8 nitrogen and oxygen atoms in total. The van der Waals surface area contributed by atoms with Gasteiger partial charge in [-0.2, -0.15) is 0 Å². The second-order valence-electron chi connectivity index (χ2n) is 8.00. The number of ether oxygens (including phenoxy) is 1. The van der Waals surface area contributed by atoms with E-state index in [0.29, 0.717) is 13.2 Å². The van der Waals surface area contributed by atoms with Crippen molar-refractivity contribution in [3.05, 3.63) is 11.6 Å². The second-order valence-corrected chi connectivity index (χ2v) is 8.00. The Balaban J connectivity index is 0.00000300. The second kappa shape index (κ2) is 12.7. The summed E-state index contributed by atoms with van der Waals surface area (Å²) in [5.74, 6) is 3.11. The van der Waals surface area contributed by atoms with Crippen molar-refractivity contribution >= 4 is 29.9 Å². The van der Waals surface area contributed by atoms with Gasteiger partial charge in [0.15, 0.2) is 5.96 Å². The number of nitrogens with one attached hydrogen (secondary N) is 2. The molecule has 1 unspecified atom stereocenters. The Morgan fingerprint density at radius 2 is 2.17 bits per heavy atom. The number of aliphatic hydroxyl groups is 1. The number of nitrogens with zero attached hydrogens (tertiary/aromatic N) is 4.